The number of nitrogens with one attached hydrogen (secondary N) is 2. The van der Waals surface area contributed by atoms with Crippen molar-refractivity contribution in [1.82, 2.24) is 34.4 Å². The van der Waals surface area contributed by atoms with Crippen molar-refractivity contribution in [2.24, 2.45) is 13.0 Å². The number of halogens is 2. The van der Waals surface area contributed by atoms with Gasteiger partial charge in [0, 0.05) is 56.3 Å². The lowest BCUT2D eigenvalue weighted by Crippen LogP contribution is -2.49. The monoisotopic (exact) mass is 767 g/mol. The number of amides is 4. The topological polar surface area (TPSA) is 139 Å². The molecule has 0 spiro atoms. The quantitative estimate of drug-likeness (QED) is 0.152. The number of benzene rings is 1. The summed E-state index contributed by atoms with van der Waals surface area (Å²) in [5, 5.41) is 10.6. The number of carbonyl (C=O) groups is 3. The smallest absolute Gasteiger partial charge is 0.329 e. The summed E-state index contributed by atoms with van der Waals surface area (Å²) >= 11 is 0. The molecule has 4 amide bonds. The number of piperidine rings is 1. The maximum atomic E-state index is 13.4. The number of imide groups is 1. The number of likely N-dealkylation sites (tertiary alicyclic amines) is 1. The van der Waals surface area contributed by atoms with Crippen molar-refractivity contribution >= 4 is 46.0 Å². The van der Waals surface area contributed by atoms with Crippen LogP contribution in [0.3, 0.4) is 0 Å². The van der Waals surface area contributed by atoms with Crippen molar-refractivity contribution in [3.8, 4) is 5.75 Å². The molecule has 2 N–H and O–H groups in total. The fraction of sp³-hybridized carbons (Fsp3) is 0.463. The lowest BCUT2D eigenvalue weighted by atomic mass is 9.80. The van der Waals surface area contributed by atoms with Gasteiger partial charge in [0.1, 0.15) is 22.9 Å². The van der Waals surface area contributed by atoms with E-state index in [1.54, 1.807) is 17.2 Å². The van der Waals surface area contributed by atoms with Crippen molar-refractivity contribution in [2.75, 3.05) is 36.4 Å². The Bertz CT molecular complexity index is 2270. The number of imidazole rings is 1. The van der Waals surface area contributed by atoms with Crippen LogP contribution < -0.4 is 20.3 Å². The fourth-order valence-corrected chi connectivity index (χ4v) is 8.51. The van der Waals surface area contributed by atoms with Gasteiger partial charge in [0.2, 0.25) is 5.91 Å². The normalized spacial score (nSPS) is 20.0. The van der Waals surface area contributed by atoms with Crippen molar-refractivity contribution in [3.63, 3.8) is 0 Å². The highest BCUT2D eigenvalue weighted by Gasteiger charge is 2.31. The second kappa shape index (κ2) is 15.6. The SMILES string of the molecule is CC(C)Oc1cc2nc(C3CCC(CN4CCC(c5ccc6c(N7CCC(=O)NC7=O)nn(C)c6c5)CC4)CC3)cn2cc1C(=O)Nc1cccc(C(F)F)n1. The van der Waals surface area contributed by atoms with E-state index in [2.05, 4.69) is 43.8 Å². The standard InChI is InChI=1S/C41H47F2N9O4/c1-24(2)56-34-20-36-45-32(23-51(36)22-30(34)40(54)46-35-6-4-5-31(44-35)38(42)43)27-9-7-25(8-10-27)21-50-16-13-26(14-17-50)28-11-12-29-33(19-28)49(3)48-39(29)52-18-15-37(53)47-41(52)55/h4-6,11-12,19-20,22-27,38H,7-10,13-18,21H2,1-3H3,(H,44,46,54)(H,47,53,55). The van der Waals surface area contributed by atoms with E-state index >= 15 is 0 Å². The van der Waals surface area contributed by atoms with E-state index in [0.717, 1.165) is 74.8 Å². The van der Waals surface area contributed by atoms with E-state index < -0.39 is 24.1 Å². The lowest BCUT2D eigenvalue weighted by Gasteiger charge is -2.36. The molecule has 294 valence electrons. The number of alkyl halides is 2. The van der Waals surface area contributed by atoms with Gasteiger partial charge in [-0.2, -0.15) is 5.10 Å². The van der Waals surface area contributed by atoms with Crippen molar-refractivity contribution < 1.29 is 27.9 Å². The Morgan fingerprint density at radius 1 is 0.964 bits per heavy atom. The summed E-state index contributed by atoms with van der Waals surface area (Å²) in [5.74, 6) is 1.64. The highest BCUT2D eigenvalue weighted by atomic mass is 19.3. The lowest BCUT2D eigenvalue weighted by molar-refractivity contribution is -0.120. The first-order valence-corrected chi connectivity index (χ1v) is 19.5. The zero-order chi connectivity index (χ0) is 39.1. The first kappa shape index (κ1) is 37.5. The molecule has 3 fully saturated rings. The zero-order valence-corrected chi connectivity index (χ0v) is 31.9. The maximum absolute atomic E-state index is 13.4. The minimum absolute atomic E-state index is 0.0422. The minimum Gasteiger partial charge on any atom is -0.490 e. The molecule has 8 rings (SSSR count). The minimum atomic E-state index is -2.74. The van der Waals surface area contributed by atoms with Crippen molar-refractivity contribution in [2.45, 2.75) is 83.2 Å². The molecule has 0 atom stereocenters. The molecule has 1 aliphatic carbocycles. The number of rotatable bonds is 10. The van der Waals surface area contributed by atoms with Gasteiger partial charge in [-0.15, -0.1) is 0 Å². The summed E-state index contributed by atoms with van der Waals surface area (Å²) in [5.41, 5.74) is 3.82. The summed E-state index contributed by atoms with van der Waals surface area (Å²) in [6, 6.07) is 11.9. The molecule has 6 heterocycles. The summed E-state index contributed by atoms with van der Waals surface area (Å²) in [6.45, 7) is 7.28. The maximum Gasteiger partial charge on any atom is 0.329 e. The number of hydrogen-bond acceptors (Lipinski definition) is 8. The van der Waals surface area contributed by atoms with Crippen molar-refractivity contribution in [1.29, 1.82) is 0 Å². The van der Waals surface area contributed by atoms with Crippen LogP contribution in [0.2, 0.25) is 0 Å². The van der Waals surface area contributed by atoms with E-state index in [1.165, 1.54) is 23.8 Å². The Morgan fingerprint density at radius 2 is 1.75 bits per heavy atom. The van der Waals surface area contributed by atoms with E-state index in [9.17, 15) is 23.2 Å². The summed E-state index contributed by atoms with van der Waals surface area (Å²) in [6.07, 6.45) is 7.52. The Balaban J connectivity index is 0.866. The molecule has 4 aromatic heterocycles. The Hall–Kier alpha value is -5.44. The average molecular weight is 768 g/mol. The molecule has 0 bridgehead atoms. The van der Waals surface area contributed by atoms with Gasteiger partial charge in [-0.25, -0.2) is 23.5 Å². The van der Waals surface area contributed by atoms with Crippen LogP contribution in [0.4, 0.5) is 25.2 Å². The second-order valence-corrected chi connectivity index (χ2v) is 15.6. The average Bonchev–Trinajstić information content (AvgIpc) is 3.75. The number of hydrogen-bond donors (Lipinski definition) is 2. The number of anilines is 2. The van der Waals surface area contributed by atoms with Crippen LogP contribution in [-0.2, 0) is 11.8 Å². The molecular formula is C41H47F2N9O4. The number of urea groups is 1. The van der Waals surface area contributed by atoms with Crippen LogP contribution in [0.15, 0.2) is 54.9 Å². The van der Waals surface area contributed by atoms with Gasteiger partial charge >= 0.3 is 6.03 Å². The molecule has 0 radical (unpaired) electrons. The van der Waals surface area contributed by atoms with E-state index in [1.807, 2.05) is 36.2 Å². The molecule has 0 unspecified atom stereocenters. The van der Waals surface area contributed by atoms with Gasteiger partial charge in [-0.1, -0.05) is 12.1 Å². The zero-order valence-electron chi connectivity index (χ0n) is 31.9. The highest BCUT2D eigenvalue weighted by Crippen LogP contribution is 2.38. The molecule has 2 saturated heterocycles. The Kier molecular flexibility index (Phi) is 10.4. The van der Waals surface area contributed by atoms with Crippen LogP contribution in [0.5, 0.6) is 5.75 Å². The number of aryl methyl sites for hydroxylation is 1. The van der Waals surface area contributed by atoms with Gasteiger partial charge in [0.25, 0.3) is 12.3 Å². The molecule has 3 aliphatic rings. The van der Waals surface area contributed by atoms with Gasteiger partial charge < -0.3 is 19.4 Å². The van der Waals surface area contributed by atoms with Gasteiger partial charge in [0.15, 0.2) is 5.82 Å². The first-order chi connectivity index (χ1) is 27.0. The van der Waals surface area contributed by atoms with E-state index in [0.29, 0.717) is 41.5 Å². The van der Waals surface area contributed by atoms with E-state index in [-0.39, 0.29) is 29.8 Å². The molecule has 56 heavy (non-hydrogen) atoms. The van der Waals surface area contributed by atoms with Crippen LogP contribution in [0.25, 0.3) is 16.6 Å². The van der Waals surface area contributed by atoms with Crippen LogP contribution in [-0.4, -0.2) is 79.2 Å². The van der Waals surface area contributed by atoms with Gasteiger partial charge in [-0.05, 0) is 107 Å². The van der Waals surface area contributed by atoms with Gasteiger partial charge in [-0.3, -0.25) is 24.5 Å². The Labute approximate surface area is 323 Å². The molecule has 15 heteroatoms. The van der Waals surface area contributed by atoms with Gasteiger partial charge in [0.05, 0.1) is 22.9 Å². The number of nitrogens with zero attached hydrogens (tertiary/aromatic N) is 7. The van der Waals surface area contributed by atoms with Crippen LogP contribution in [0, 0.1) is 5.92 Å². The number of ether oxygens (including phenoxy) is 1. The molecule has 2 aliphatic heterocycles. The number of aromatic nitrogens is 5. The second-order valence-electron chi connectivity index (χ2n) is 15.6. The van der Waals surface area contributed by atoms with Crippen LogP contribution >= 0.6 is 0 Å². The number of fused-ring (bicyclic) bond motifs is 2. The van der Waals surface area contributed by atoms with Crippen molar-refractivity contribution in [3.05, 3.63) is 77.4 Å². The molecule has 1 saturated carbocycles. The summed E-state index contributed by atoms with van der Waals surface area (Å²) < 4.78 is 36.1. The van der Waals surface area contributed by atoms with Crippen LogP contribution in [0.1, 0.15) is 104 Å². The largest absolute Gasteiger partial charge is 0.490 e. The predicted molar refractivity (Wildman–Crippen MR) is 207 cm³/mol. The molecule has 13 nitrogen and oxygen atoms in total. The Morgan fingerprint density at radius 3 is 2.48 bits per heavy atom. The third-order valence-electron chi connectivity index (χ3n) is 11.4. The summed E-state index contributed by atoms with van der Waals surface area (Å²) in [4.78, 5) is 50.5. The summed E-state index contributed by atoms with van der Waals surface area (Å²) in [7, 11) is 1.90. The number of carbonyl (C=O) groups excluding carboxylic acids is 3. The molecular weight excluding hydrogens is 721 g/mol. The molecule has 1 aromatic carbocycles. The highest BCUT2D eigenvalue weighted by molar-refractivity contribution is 6.09. The third-order valence-corrected chi connectivity index (χ3v) is 11.4. The number of pyridine rings is 2. The third kappa shape index (κ3) is 7.81. The predicted octanol–water partition coefficient (Wildman–Crippen LogP) is 7.19. The first-order valence-electron chi connectivity index (χ1n) is 19.5. The van der Waals surface area contributed by atoms with E-state index in [4.69, 9.17) is 9.72 Å². The fourth-order valence-electron chi connectivity index (χ4n) is 8.51. The molecule has 5 aromatic rings.